The lowest BCUT2D eigenvalue weighted by Crippen LogP contribution is -2.38. The number of alkyl halides is 3. The van der Waals surface area contributed by atoms with Crippen molar-refractivity contribution < 1.29 is 17.9 Å². The van der Waals surface area contributed by atoms with Gasteiger partial charge in [-0.1, -0.05) is 6.08 Å². The molecule has 3 aromatic heterocycles. The average molecular weight is 444 g/mol. The highest BCUT2D eigenvalue weighted by Crippen LogP contribution is 2.38. The number of piperidine rings is 1. The summed E-state index contributed by atoms with van der Waals surface area (Å²) >= 11 is 0. The Bertz CT molecular complexity index is 1150. The zero-order chi connectivity index (χ0) is 22.1. The fraction of sp³-hybridized carbons (Fsp3) is 0.409. The number of aromatic nitrogens is 4. The van der Waals surface area contributed by atoms with Gasteiger partial charge in [0.25, 0.3) is 0 Å². The van der Waals surface area contributed by atoms with E-state index in [4.69, 9.17) is 4.74 Å². The van der Waals surface area contributed by atoms with Gasteiger partial charge in [-0.2, -0.15) is 13.2 Å². The Labute approximate surface area is 182 Å². The van der Waals surface area contributed by atoms with Crippen LogP contribution < -0.4 is 10.6 Å². The van der Waals surface area contributed by atoms with Gasteiger partial charge in [0.1, 0.15) is 11.2 Å². The van der Waals surface area contributed by atoms with E-state index in [1.807, 2.05) is 12.1 Å². The van der Waals surface area contributed by atoms with Gasteiger partial charge in [0.2, 0.25) is 5.95 Å². The number of pyridine rings is 1. The number of H-pyrrole nitrogens is 1. The van der Waals surface area contributed by atoms with Crippen molar-refractivity contribution in [3.63, 3.8) is 0 Å². The lowest BCUT2D eigenvalue weighted by molar-refractivity contribution is -0.137. The van der Waals surface area contributed by atoms with Crippen molar-refractivity contribution in [1.29, 1.82) is 0 Å². The molecule has 5 rings (SSSR count). The van der Waals surface area contributed by atoms with Crippen LogP contribution in [-0.2, 0) is 10.9 Å². The fourth-order valence-electron chi connectivity index (χ4n) is 4.16. The average Bonchev–Trinajstić information content (AvgIpc) is 3.23. The molecule has 1 saturated heterocycles. The molecule has 5 heterocycles. The number of nitrogens with one attached hydrogen (secondary N) is 3. The van der Waals surface area contributed by atoms with Crippen LogP contribution in [-0.4, -0.2) is 52.3 Å². The minimum atomic E-state index is -4.58. The Hall–Kier alpha value is -2.98. The molecule has 2 aliphatic heterocycles. The number of anilines is 1. The van der Waals surface area contributed by atoms with Crippen LogP contribution in [0.25, 0.3) is 27.9 Å². The molecule has 10 heteroatoms. The zero-order valence-electron chi connectivity index (χ0n) is 17.3. The second kappa shape index (κ2) is 8.51. The molecule has 32 heavy (non-hydrogen) atoms. The predicted molar refractivity (Wildman–Crippen MR) is 115 cm³/mol. The summed E-state index contributed by atoms with van der Waals surface area (Å²) in [6, 6.07) is 3.70. The third-order valence-electron chi connectivity index (χ3n) is 5.81. The molecule has 1 unspecified atom stereocenters. The number of rotatable bonds is 4. The summed E-state index contributed by atoms with van der Waals surface area (Å²) in [5, 5.41) is 7.01. The van der Waals surface area contributed by atoms with Crippen LogP contribution in [0.1, 0.15) is 30.5 Å². The molecule has 1 fully saturated rings. The summed E-state index contributed by atoms with van der Waals surface area (Å²) in [5.41, 5.74) is 1.69. The van der Waals surface area contributed by atoms with Gasteiger partial charge in [0, 0.05) is 35.9 Å². The maximum Gasteiger partial charge on any atom is 0.419 e. The van der Waals surface area contributed by atoms with E-state index < -0.39 is 11.7 Å². The quantitative estimate of drug-likeness (QED) is 0.564. The molecule has 2 aliphatic rings. The van der Waals surface area contributed by atoms with Crippen LogP contribution >= 0.6 is 0 Å². The van der Waals surface area contributed by atoms with Crippen molar-refractivity contribution in [1.82, 2.24) is 25.3 Å². The summed E-state index contributed by atoms with van der Waals surface area (Å²) in [6.07, 6.45) is 2.44. The summed E-state index contributed by atoms with van der Waals surface area (Å²) in [4.78, 5) is 15.9. The van der Waals surface area contributed by atoms with Crippen LogP contribution in [0.2, 0.25) is 0 Å². The first-order chi connectivity index (χ1) is 15.5. The summed E-state index contributed by atoms with van der Waals surface area (Å²) < 4.78 is 46.7. The zero-order valence-corrected chi connectivity index (χ0v) is 17.3. The molecule has 7 nitrogen and oxygen atoms in total. The van der Waals surface area contributed by atoms with E-state index in [9.17, 15) is 13.2 Å². The number of fused-ring (bicyclic) bond motifs is 1. The van der Waals surface area contributed by atoms with Crippen molar-refractivity contribution in [2.75, 3.05) is 31.6 Å². The molecule has 0 saturated carbocycles. The van der Waals surface area contributed by atoms with E-state index >= 15 is 0 Å². The standard InChI is InChI=1S/C22H23F3N6O/c23-22(24,25)17-12-28-21(29-14-2-1-7-26-10-14)31-19(17)16-11-27-20-15(16)3-4-18(30-20)13-5-8-32-9-6-13/h3-5,11-12,14,26H,1-2,6-10H2,(H,27,30)(H,28,29,31). The molecule has 0 spiro atoms. The highest BCUT2D eigenvalue weighted by molar-refractivity contribution is 5.94. The molecule has 0 amide bonds. The molecular weight excluding hydrogens is 421 g/mol. The molecule has 0 bridgehead atoms. The van der Waals surface area contributed by atoms with Gasteiger partial charge in [-0.3, -0.25) is 0 Å². The topological polar surface area (TPSA) is 87.8 Å². The first-order valence-corrected chi connectivity index (χ1v) is 10.7. The first-order valence-electron chi connectivity index (χ1n) is 10.7. The van der Waals surface area contributed by atoms with Crippen molar-refractivity contribution in [3.05, 3.63) is 41.9 Å². The number of nitrogens with zero attached hydrogens (tertiary/aromatic N) is 3. The number of halogens is 3. The Balaban J connectivity index is 1.54. The van der Waals surface area contributed by atoms with E-state index in [0.717, 1.165) is 49.8 Å². The highest BCUT2D eigenvalue weighted by atomic mass is 19.4. The molecule has 1 atom stereocenters. The maximum absolute atomic E-state index is 13.8. The number of aromatic amines is 1. The van der Waals surface area contributed by atoms with Crippen LogP contribution in [0.4, 0.5) is 19.1 Å². The summed E-state index contributed by atoms with van der Waals surface area (Å²) in [5.74, 6) is 0.188. The Morgan fingerprint density at radius 3 is 2.84 bits per heavy atom. The molecule has 3 N–H and O–H groups in total. The molecule has 3 aromatic rings. The summed E-state index contributed by atoms with van der Waals surface area (Å²) in [7, 11) is 0. The normalized spacial score (nSPS) is 19.7. The molecular formula is C22H23F3N6O. The van der Waals surface area contributed by atoms with E-state index in [-0.39, 0.29) is 17.7 Å². The van der Waals surface area contributed by atoms with E-state index in [1.165, 1.54) is 6.20 Å². The van der Waals surface area contributed by atoms with Crippen molar-refractivity contribution >= 4 is 22.6 Å². The van der Waals surface area contributed by atoms with Crippen LogP contribution in [0.15, 0.2) is 30.6 Å². The van der Waals surface area contributed by atoms with Gasteiger partial charge in [0.15, 0.2) is 0 Å². The molecule has 0 aliphatic carbocycles. The lowest BCUT2D eigenvalue weighted by atomic mass is 10.0. The van der Waals surface area contributed by atoms with Gasteiger partial charge in [-0.15, -0.1) is 0 Å². The largest absolute Gasteiger partial charge is 0.419 e. The monoisotopic (exact) mass is 444 g/mol. The van der Waals surface area contributed by atoms with Gasteiger partial charge >= 0.3 is 6.18 Å². The van der Waals surface area contributed by atoms with Gasteiger partial charge in [-0.05, 0) is 43.5 Å². The van der Waals surface area contributed by atoms with Gasteiger partial charge in [-0.25, -0.2) is 15.0 Å². The number of ether oxygens (including phenoxy) is 1. The van der Waals surface area contributed by atoms with Crippen LogP contribution in [0.5, 0.6) is 0 Å². The Morgan fingerprint density at radius 2 is 2.09 bits per heavy atom. The number of hydrogen-bond acceptors (Lipinski definition) is 6. The van der Waals surface area contributed by atoms with E-state index in [1.54, 1.807) is 6.07 Å². The smallest absolute Gasteiger partial charge is 0.377 e. The minimum Gasteiger partial charge on any atom is -0.377 e. The summed E-state index contributed by atoms with van der Waals surface area (Å²) in [6.45, 7) is 2.82. The second-order valence-corrected chi connectivity index (χ2v) is 7.99. The third-order valence-corrected chi connectivity index (χ3v) is 5.81. The van der Waals surface area contributed by atoms with Crippen LogP contribution in [0, 0.1) is 0 Å². The van der Waals surface area contributed by atoms with Gasteiger partial charge in [0.05, 0.1) is 24.6 Å². The molecule has 0 radical (unpaired) electrons. The highest BCUT2D eigenvalue weighted by Gasteiger charge is 2.36. The van der Waals surface area contributed by atoms with Gasteiger partial charge < -0.3 is 20.4 Å². The Morgan fingerprint density at radius 1 is 1.19 bits per heavy atom. The predicted octanol–water partition coefficient (Wildman–Crippen LogP) is 4.01. The minimum absolute atomic E-state index is 0.0771. The fourth-order valence-corrected chi connectivity index (χ4v) is 4.16. The molecule has 0 aromatic carbocycles. The first kappa shape index (κ1) is 20.9. The van der Waals surface area contributed by atoms with Crippen molar-refractivity contribution in [2.24, 2.45) is 0 Å². The molecule has 168 valence electrons. The van der Waals surface area contributed by atoms with Crippen molar-refractivity contribution in [2.45, 2.75) is 31.5 Å². The van der Waals surface area contributed by atoms with E-state index in [0.29, 0.717) is 29.8 Å². The lowest BCUT2D eigenvalue weighted by Gasteiger charge is -2.24. The SMILES string of the molecule is FC(F)(F)c1cnc(NC2CCCNC2)nc1-c1c[nH]c2nc(C3=CCOCC3)ccc12. The Kier molecular flexibility index (Phi) is 5.56. The number of hydrogen-bond donors (Lipinski definition) is 3. The second-order valence-electron chi connectivity index (χ2n) is 7.99. The van der Waals surface area contributed by atoms with E-state index in [2.05, 4.69) is 30.6 Å². The van der Waals surface area contributed by atoms with Crippen molar-refractivity contribution in [3.8, 4) is 11.3 Å². The third kappa shape index (κ3) is 4.20. The van der Waals surface area contributed by atoms with Crippen LogP contribution in [0.3, 0.4) is 0 Å². The maximum atomic E-state index is 13.8.